The monoisotopic (exact) mass is 346 g/mol. The second-order valence-corrected chi connectivity index (χ2v) is 8.27. The summed E-state index contributed by atoms with van der Waals surface area (Å²) in [6.07, 6.45) is 2.97. The van der Waals surface area contributed by atoms with E-state index >= 15 is 0 Å². The van der Waals surface area contributed by atoms with E-state index in [1.165, 1.54) is 0 Å². The third kappa shape index (κ3) is 2.24. The summed E-state index contributed by atoms with van der Waals surface area (Å²) in [6, 6.07) is 0. The van der Waals surface area contributed by atoms with Gasteiger partial charge in [-0.1, -0.05) is 26.5 Å². The van der Waals surface area contributed by atoms with Crippen LogP contribution in [0.25, 0.3) is 0 Å². The van der Waals surface area contributed by atoms with Gasteiger partial charge in [-0.15, -0.1) is 0 Å². The number of hydrogen-bond acceptors (Lipinski definition) is 5. The number of epoxide rings is 1. The lowest BCUT2D eigenvalue weighted by molar-refractivity contribution is -0.152. The van der Waals surface area contributed by atoms with Crippen LogP contribution in [0.4, 0.5) is 0 Å². The Morgan fingerprint density at radius 1 is 1.40 bits per heavy atom. The SMILES string of the molecule is C=C1[C@@H](OC(=O)/C(C)=C\C)[C@H]2O[C@H]2[C@@]2(C)CC[C@@H]3[C@@H](OC(=O)[C@H]3C)[C@H]12. The number of allylic oxidation sites excluding steroid dienone is 1. The minimum atomic E-state index is -0.459. The zero-order chi connectivity index (χ0) is 18.1. The van der Waals surface area contributed by atoms with Crippen molar-refractivity contribution >= 4 is 11.9 Å². The van der Waals surface area contributed by atoms with Gasteiger partial charge in [-0.05, 0) is 32.3 Å². The van der Waals surface area contributed by atoms with Gasteiger partial charge in [0.15, 0.2) is 6.10 Å². The average Bonchev–Trinajstić information content (AvgIpc) is 3.33. The molecule has 2 aliphatic carbocycles. The smallest absolute Gasteiger partial charge is 0.334 e. The minimum Gasteiger partial charge on any atom is -0.461 e. The summed E-state index contributed by atoms with van der Waals surface area (Å²) in [5.74, 6) is -0.342. The molecule has 0 spiro atoms. The van der Waals surface area contributed by atoms with Crippen molar-refractivity contribution < 1.29 is 23.8 Å². The molecule has 25 heavy (non-hydrogen) atoms. The maximum absolute atomic E-state index is 12.3. The molecule has 136 valence electrons. The molecule has 0 bridgehead atoms. The van der Waals surface area contributed by atoms with Crippen molar-refractivity contribution in [1.82, 2.24) is 0 Å². The topological polar surface area (TPSA) is 65.1 Å². The molecular weight excluding hydrogens is 320 g/mol. The molecule has 4 rings (SSSR count). The molecule has 8 atom stereocenters. The fraction of sp³-hybridized carbons (Fsp3) is 0.700. The first kappa shape index (κ1) is 16.8. The van der Waals surface area contributed by atoms with Crippen LogP contribution in [-0.2, 0) is 23.8 Å². The summed E-state index contributed by atoms with van der Waals surface area (Å²) >= 11 is 0. The van der Waals surface area contributed by atoms with Crippen LogP contribution in [0.1, 0.15) is 40.5 Å². The predicted octanol–water partition coefficient (Wildman–Crippen LogP) is 2.80. The van der Waals surface area contributed by atoms with Crippen LogP contribution in [0.3, 0.4) is 0 Å². The van der Waals surface area contributed by atoms with Gasteiger partial charge in [-0.3, -0.25) is 4.79 Å². The van der Waals surface area contributed by atoms with Gasteiger partial charge in [-0.2, -0.15) is 0 Å². The second-order valence-electron chi connectivity index (χ2n) is 8.27. The fourth-order valence-corrected chi connectivity index (χ4v) is 5.22. The third-order valence-corrected chi connectivity index (χ3v) is 6.97. The summed E-state index contributed by atoms with van der Waals surface area (Å²) in [4.78, 5) is 24.4. The third-order valence-electron chi connectivity index (χ3n) is 6.97. The van der Waals surface area contributed by atoms with Crippen LogP contribution in [0.2, 0.25) is 0 Å². The quantitative estimate of drug-likeness (QED) is 0.333. The number of fused-ring (bicyclic) bond motifs is 5. The maximum atomic E-state index is 12.3. The van der Waals surface area contributed by atoms with Gasteiger partial charge in [0.25, 0.3) is 0 Å². The van der Waals surface area contributed by atoms with E-state index in [9.17, 15) is 9.59 Å². The van der Waals surface area contributed by atoms with E-state index in [4.69, 9.17) is 14.2 Å². The molecule has 0 aromatic carbocycles. The van der Waals surface area contributed by atoms with E-state index in [2.05, 4.69) is 13.5 Å². The first-order chi connectivity index (χ1) is 11.8. The van der Waals surface area contributed by atoms with Crippen LogP contribution in [0, 0.1) is 23.2 Å². The Morgan fingerprint density at radius 2 is 2.12 bits per heavy atom. The van der Waals surface area contributed by atoms with Crippen molar-refractivity contribution in [3.05, 3.63) is 23.8 Å². The van der Waals surface area contributed by atoms with Crippen molar-refractivity contribution in [2.45, 2.75) is 65.0 Å². The van der Waals surface area contributed by atoms with Gasteiger partial charge in [0, 0.05) is 22.8 Å². The van der Waals surface area contributed by atoms with Gasteiger partial charge in [0.1, 0.15) is 12.2 Å². The van der Waals surface area contributed by atoms with Crippen molar-refractivity contribution in [2.24, 2.45) is 23.2 Å². The summed E-state index contributed by atoms with van der Waals surface area (Å²) in [5, 5.41) is 0. The first-order valence-corrected chi connectivity index (χ1v) is 9.18. The van der Waals surface area contributed by atoms with Gasteiger partial charge in [0.2, 0.25) is 0 Å². The van der Waals surface area contributed by atoms with Crippen molar-refractivity contribution in [3.8, 4) is 0 Å². The Morgan fingerprint density at radius 3 is 2.80 bits per heavy atom. The number of esters is 2. The van der Waals surface area contributed by atoms with Crippen molar-refractivity contribution in [1.29, 1.82) is 0 Å². The number of carbonyl (C=O) groups is 2. The Balaban J connectivity index is 1.64. The summed E-state index contributed by atoms with van der Waals surface area (Å²) in [6.45, 7) is 12.0. The lowest BCUT2D eigenvalue weighted by Gasteiger charge is -2.50. The molecule has 2 heterocycles. The molecule has 5 nitrogen and oxygen atoms in total. The molecule has 0 aromatic heterocycles. The zero-order valence-corrected chi connectivity index (χ0v) is 15.3. The van der Waals surface area contributed by atoms with Crippen LogP contribution in [0.15, 0.2) is 23.8 Å². The van der Waals surface area contributed by atoms with E-state index in [1.807, 2.05) is 13.8 Å². The molecule has 0 aromatic rings. The summed E-state index contributed by atoms with van der Waals surface area (Å²) < 4.78 is 17.5. The predicted molar refractivity (Wildman–Crippen MR) is 90.5 cm³/mol. The largest absolute Gasteiger partial charge is 0.461 e. The standard InChI is InChI=1S/C20H26O5/c1-6-9(2)18(21)24-14-11(4)13-15-12(10(3)19(22)25-15)7-8-20(13,5)17-16(14)23-17/h6,10,12-17H,4,7-8H2,1-3,5H3/b9-6-/t10-,12-,13-,14+,15+,16+,17+,20-/m0/s1. The molecule has 0 amide bonds. The molecule has 0 N–H and O–H groups in total. The highest BCUT2D eigenvalue weighted by Gasteiger charge is 2.70. The van der Waals surface area contributed by atoms with E-state index in [0.717, 1.165) is 18.4 Å². The van der Waals surface area contributed by atoms with Gasteiger partial charge < -0.3 is 14.2 Å². The number of rotatable bonds is 2. The fourth-order valence-electron chi connectivity index (χ4n) is 5.22. The molecular formula is C20H26O5. The minimum absolute atomic E-state index is 0.0207. The highest BCUT2D eigenvalue weighted by Crippen LogP contribution is 2.63. The zero-order valence-electron chi connectivity index (χ0n) is 15.3. The lowest BCUT2D eigenvalue weighted by atomic mass is 9.54. The van der Waals surface area contributed by atoms with Crippen LogP contribution >= 0.6 is 0 Å². The molecule has 4 fully saturated rings. The van der Waals surface area contributed by atoms with E-state index in [-0.39, 0.29) is 53.4 Å². The Bertz CT molecular complexity index is 680. The van der Waals surface area contributed by atoms with Crippen molar-refractivity contribution in [2.75, 3.05) is 0 Å². The molecule has 4 aliphatic rings. The Labute approximate surface area is 148 Å². The first-order valence-electron chi connectivity index (χ1n) is 9.18. The number of ether oxygens (including phenoxy) is 3. The Hall–Kier alpha value is -1.62. The van der Waals surface area contributed by atoms with Gasteiger partial charge in [-0.25, -0.2) is 4.79 Å². The summed E-state index contributed by atoms with van der Waals surface area (Å²) in [5.41, 5.74) is 1.31. The number of hydrogen-bond donors (Lipinski definition) is 0. The highest BCUT2D eigenvalue weighted by atomic mass is 16.6. The molecule has 0 radical (unpaired) electrons. The Kier molecular flexibility index (Phi) is 3.66. The maximum Gasteiger partial charge on any atom is 0.334 e. The average molecular weight is 346 g/mol. The van der Waals surface area contributed by atoms with Crippen LogP contribution in [-0.4, -0.2) is 36.4 Å². The second kappa shape index (κ2) is 5.44. The van der Waals surface area contributed by atoms with Gasteiger partial charge in [0.05, 0.1) is 12.0 Å². The highest BCUT2D eigenvalue weighted by molar-refractivity contribution is 5.88. The van der Waals surface area contributed by atoms with E-state index in [1.54, 1.807) is 13.0 Å². The van der Waals surface area contributed by atoms with E-state index in [0.29, 0.717) is 5.57 Å². The molecule has 0 unspecified atom stereocenters. The van der Waals surface area contributed by atoms with Crippen molar-refractivity contribution in [3.63, 3.8) is 0 Å². The van der Waals surface area contributed by atoms with Crippen LogP contribution in [0.5, 0.6) is 0 Å². The normalized spacial score (nSPS) is 48.2. The van der Waals surface area contributed by atoms with Crippen LogP contribution < -0.4 is 0 Å². The van der Waals surface area contributed by atoms with Gasteiger partial charge >= 0.3 is 11.9 Å². The number of carbonyl (C=O) groups excluding carboxylic acids is 2. The molecule has 5 heteroatoms. The van der Waals surface area contributed by atoms with E-state index < -0.39 is 6.10 Å². The lowest BCUT2D eigenvalue weighted by Crippen LogP contribution is -2.54. The molecule has 2 saturated heterocycles. The molecule has 2 aliphatic heterocycles. The molecule has 2 saturated carbocycles. The summed E-state index contributed by atoms with van der Waals surface area (Å²) in [7, 11) is 0.